The highest BCUT2D eigenvalue weighted by molar-refractivity contribution is 5.28. The first-order valence-electron chi connectivity index (χ1n) is 6.92. The van der Waals surface area contributed by atoms with Crippen LogP contribution in [0.3, 0.4) is 0 Å². The lowest BCUT2D eigenvalue weighted by Gasteiger charge is -2.40. The van der Waals surface area contributed by atoms with Crippen LogP contribution in [0, 0.1) is 0 Å². The van der Waals surface area contributed by atoms with Crippen molar-refractivity contribution in [2.24, 2.45) is 0 Å². The fourth-order valence-electron chi connectivity index (χ4n) is 2.08. The lowest BCUT2D eigenvalue weighted by atomic mass is 9.88. The van der Waals surface area contributed by atoms with Crippen LogP contribution >= 0.6 is 0 Å². The minimum Gasteiger partial charge on any atom is -0.492 e. The van der Waals surface area contributed by atoms with E-state index >= 15 is 0 Å². The Morgan fingerprint density at radius 1 is 1.32 bits per heavy atom. The van der Waals surface area contributed by atoms with Gasteiger partial charge in [-0.2, -0.15) is 0 Å². The quantitative estimate of drug-likeness (QED) is 0.822. The van der Waals surface area contributed by atoms with Gasteiger partial charge in [0.25, 0.3) is 0 Å². The number of rotatable bonds is 7. The summed E-state index contributed by atoms with van der Waals surface area (Å²) < 4.78 is 5.54. The first kappa shape index (κ1) is 15.9. The van der Waals surface area contributed by atoms with Crippen molar-refractivity contribution >= 4 is 0 Å². The average Bonchev–Trinajstić information content (AvgIpc) is 2.36. The van der Waals surface area contributed by atoms with Crippen LogP contribution in [0.4, 0.5) is 0 Å². The molecule has 0 saturated heterocycles. The second-order valence-corrected chi connectivity index (χ2v) is 5.43. The standard InChI is InChI=1S/C15H27N3O/c1-7-17-14(15(3,4)18(5)6)12-9-13(19-8-2)11-16-10-12/h9-11,14,17H,7-8H2,1-6H3. The Morgan fingerprint density at radius 2 is 2.00 bits per heavy atom. The highest BCUT2D eigenvalue weighted by Crippen LogP contribution is 2.30. The molecule has 0 amide bonds. The van der Waals surface area contributed by atoms with E-state index < -0.39 is 0 Å². The van der Waals surface area contributed by atoms with Gasteiger partial charge in [0.1, 0.15) is 5.75 Å². The molecule has 0 spiro atoms. The zero-order chi connectivity index (χ0) is 14.5. The monoisotopic (exact) mass is 265 g/mol. The predicted octanol–water partition coefficient (Wildman–Crippen LogP) is 2.47. The number of pyridine rings is 1. The molecule has 0 radical (unpaired) electrons. The van der Waals surface area contributed by atoms with Crippen molar-refractivity contribution in [2.75, 3.05) is 27.2 Å². The highest BCUT2D eigenvalue weighted by Gasteiger charge is 2.32. The third-order valence-electron chi connectivity index (χ3n) is 3.65. The van der Waals surface area contributed by atoms with Crippen LogP contribution < -0.4 is 10.1 Å². The summed E-state index contributed by atoms with van der Waals surface area (Å²) in [5, 5.41) is 3.55. The molecule has 1 atom stereocenters. The molecule has 19 heavy (non-hydrogen) atoms. The second-order valence-electron chi connectivity index (χ2n) is 5.43. The number of hydrogen-bond acceptors (Lipinski definition) is 4. The summed E-state index contributed by atoms with van der Waals surface area (Å²) >= 11 is 0. The number of nitrogens with one attached hydrogen (secondary N) is 1. The fraction of sp³-hybridized carbons (Fsp3) is 0.667. The summed E-state index contributed by atoms with van der Waals surface area (Å²) in [4.78, 5) is 6.53. The third-order valence-corrected chi connectivity index (χ3v) is 3.65. The van der Waals surface area contributed by atoms with Crippen molar-refractivity contribution in [3.63, 3.8) is 0 Å². The fourth-order valence-corrected chi connectivity index (χ4v) is 2.08. The Labute approximate surface area is 117 Å². The summed E-state index contributed by atoms with van der Waals surface area (Å²) in [6, 6.07) is 2.29. The van der Waals surface area contributed by atoms with Gasteiger partial charge in [-0.25, -0.2) is 0 Å². The van der Waals surface area contributed by atoms with Crippen LogP contribution in [0.25, 0.3) is 0 Å². The SMILES string of the molecule is CCNC(c1cncc(OCC)c1)C(C)(C)N(C)C. The smallest absolute Gasteiger partial charge is 0.137 e. The molecule has 0 aliphatic carbocycles. The van der Waals surface area contributed by atoms with Gasteiger partial charge in [0.15, 0.2) is 0 Å². The molecule has 0 aromatic carbocycles. The van der Waals surface area contributed by atoms with Gasteiger partial charge in [0, 0.05) is 11.7 Å². The molecule has 0 saturated carbocycles. The third kappa shape index (κ3) is 3.91. The largest absolute Gasteiger partial charge is 0.492 e. The van der Waals surface area contributed by atoms with Crippen LogP contribution in [-0.2, 0) is 0 Å². The molecule has 108 valence electrons. The Balaban J connectivity index is 3.08. The molecule has 1 aromatic heterocycles. The minimum atomic E-state index is -0.0114. The summed E-state index contributed by atoms with van der Waals surface area (Å²) in [5.41, 5.74) is 1.15. The molecule has 1 aromatic rings. The predicted molar refractivity (Wildman–Crippen MR) is 79.6 cm³/mol. The van der Waals surface area contributed by atoms with E-state index in [1.165, 1.54) is 0 Å². The first-order valence-corrected chi connectivity index (χ1v) is 6.92. The van der Waals surface area contributed by atoms with Crippen molar-refractivity contribution in [1.82, 2.24) is 15.2 Å². The molecule has 0 fully saturated rings. The van der Waals surface area contributed by atoms with Gasteiger partial charge in [-0.3, -0.25) is 4.98 Å². The van der Waals surface area contributed by atoms with Gasteiger partial charge in [-0.1, -0.05) is 6.92 Å². The van der Waals surface area contributed by atoms with Crippen LogP contribution in [0.5, 0.6) is 5.75 Å². The number of aromatic nitrogens is 1. The molecule has 1 unspecified atom stereocenters. The van der Waals surface area contributed by atoms with E-state index in [2.05, 4.69) is 56.1 Å². The summed E-state index contributed by atoms with van der Waals surface area (Å²) in [6.45, 7) is 10.1. The average molecular weight is 265 g/mol. The van der Waals surface area contributed by atoms with E-state index in [4.69, 9.17) is 4.74 Å². The zero-order valence-electron chi connectivity index (χ0n) is 13.0. The number of likely N-dealkylation sites (N-methyl/N-ethyl adjacent to an activating group) is 2. The number of nitrogens with zero attached hydrogens (tertiary/aromatic N) is 2. The highest BCUT2D eigenvalue weighted by atomic mass is 16.5. The van der Waals surface area contributed by atoms with Gasteiger partial charge >= 0.3 is 0 Å². The van der Waals surface area contributed by atoms with E-state index in [0.717, 1.165) is 17.9 Å². The van der Waals surface area contributed by atoms with Crippen molar-refractivity contribution in [3.8, 4) is 5.75 Å². The molecule has 4 heteroatoms. The lowest BCUT2D eigenvalue weighted by Crippen LogP contribution is -2.49. The van der Waals surface area contributed by atoms with Crippen molar-refractivity contribution in [3.05, 3.63) is 24.0 Å². The van der Waals surface area contributed by atoms with Crippen LogP contribution in [0.1, 0.15) is 39.3 Å². The molecule has 4 nitrogen and oxygen atoms in total. The van der Waals surface area contributed by atoms with Gasteiger partial charge in [-0.05, 0) is 53.0 Å². The Morgan fingerprint density at radius 3 is 2.53 bits per heavy atom. The molecule has 1 N–H and O–H groups in total. The van der Waals surface area contributed by atoms with Crippen LogP contribution in [0.2, 0.25) is 0 Å². The number of hydrogen-bond donors (Lipinski definition) is 1. The molecule has 0 aliphatic rings. The summed E-state index contributed by atoms with van der Waals surface area (Å²) in [7, 11) is 4.20. The molecule has 1 heterocycles. The van der Waals surface area contributed by atoms with Crippen molar-refractivity contribution < 1.29 is 4.74 Å². The topological polar surface area (TPSA) is 37.4 Å². The summed E-state index contributed by atoms with van der Waals surface area (Å²) in [6.07, 6.45) is 3.68. The van der Waals surface area contributed by atoms with E-state index in [1.54, 1.807) is 6.20 Å². The number of ether oxygens (including phenoxy) is 1. The maximum atomic E-state index is 5.54. The van der Waals surface area contributed by atoms with Gasteiger partial charge in [-0.15, -0.1) is 0 Å². The Bertz CT molecular complexity index is 391. The van der Waals surface area contributed by atoms with Gasteiger partial charge in [0.05, 0.1) is 18.8 Å². The maximum absolute atomic E-state index is 5.54. The zero-order valence-corrected chi connectivity index (χ0v) is 13.0. The van der Waals surface area contributed by atoms with Gasteiger partial charge < -0.3 is 15.0 Å². The van der Waals surface area contributed by atoms with E-state index in [-0.39, 0.29) is 11.6 Å². The minimum absolute atomic E-state index is 0.0114. The van der Waals surface area contributed by atoms with E-state index in [0.29, 0.717) is 6.61 Å². The molecule has 0 aliphatic heterocycles. The lowest BCUT2D eigenvalue weighted by molar-refractivity contribution is 0.138. The van der Waals surface area contributed by atoms with Gasteiger partial charge in [0.2, 0.25) is 0 Å². The molecular weight excluding hydrogens is 238 g/mol. The van der Waals surface area contributed by atoms with Crippen LogP contribution in [-0.4, -0.2) is 42.7 Å². The second kappa shape index (κ2) is 6.87. The molecule has 1 rings (SSSR count). The maximum Gasteiger partial charge on any atom is 0.137 e. The Hall–Kier alpha value is -1.13. The summed E-state index contributed by atoms with van der Waals surface area (Å²) in [5.74, 6) is 0.831. The van der Waals surface area contributed by atoms with E-state index in [9.17, 15) is 0 Å². The Kier molecular flexibility index (Phi) is 5.76. The van der Waals surface area contributed by atoms with E-state index in [1.807, 2.05) is 13.1 Å². The van der Waals surface area contributed by atoms with Crippen molar-refractivity contribution in [1.29, 1.82) is 0 Å². The molecular formula is C15H27N3O. The van der Waals surface area contributed by atoms with Crippen molar-refractivity contribution in [2.45, 2.75) is 39.3 Å². The normalized spacial score (nSPS) is 13.6. The van der Waals surface area contributed by atoms with Crippen LogP contribution in [0.15, 0.2) is 18.5 Å². The first-order chi connectivity index (χ1) is 8.93. The molecule has 0 bridgehead atoms.